The first-order valence-electron chi connectivity index (χ1n) is 4.48. The van der Waals surface area contributed by atoms with E-state index < -0.39 is 0 Å². The van der Waals surface area contributed by atoms with Crippen LogP contribution in [0.1, 0.15) is 0 Å². The molecular weight excluding hydrogens is 256 g/mol. The van der Waals surface area contributed by atoms with Crippen LogP contribution >= 0.6 is 15.9 Å². The number of hydrogen-bond acceptors (Lipinski definition) is 2. The van der Waals surface area contributed by atoms with Gasteiger partial charge in [-0.25, -0.2) is 4.98 Å². The summed E-state index contributed by atoms with van der Waals surface area (Å²) in [6, 6.07) is 5.44. The summed E-state index contributed by atoms with van der Waals surface area (Å²) in [5, 5.41) is 0.627. The van der Waals surface area contributed by atoms with Crippen molar-refractivity contribution in [2.75, 3.05) is 0 Å². The van der Waals surface area contributed by atoms with Crippen molar-refractivity contribution in [3.63, 3.8) is 0 Å². The van der Waals surface area contributed by atoms with Gasteiger partial charge in [0, 0.05) is 11.0 Å². The number of nitrogens with zero attached hydrogens (tertiary/aromatic N) is 2. The standard InChI is InChI=1S/C11H9BrN2O/c1-2-5-14-7-13-10-6-8(12)3-4-9(10)11(14)15/h2-4,6-7H,1,5H2. The summed E-state index contributed by atoms with van der Waals surface area (Å²) in [5.41, 5.74) is 0.669. The van der Waals surface area contributed by atoms with Gasteiger partial charge in [0.25, 0.3) is 5.56 Å². The minimum Gasteiger partial charge on any atom is -0.295 e. The summed E-state index contributed by atoms with van der Waals surface area (Å²) >= 11 is 3.34. The molecule has 0 saturated carbocycles. The highest BCUT2D eigenvalue weighted by molar-refractivity contribution is 9.10. The largest absolute Gasteiger partial charge is 0.295 e. The van der Waals surface area contributed by atoms with E-state index in [-0.39, 0.29) is 5.56 Å². The molecule has 2 aromatic rings. The van der Waals surface area contributed by atoms with Gasteiger partial charge < -0.3 is 0 Å². The number of allylic oxidation sites excluding steroid dienone is 1. The average molecular weight is 265 g/mol. The van der Waals surface area contributed by atoms with E-state index in [4.69, 9.17) is 0 Å². The molecule has 3 nitrogen and oxygen atoms in total. The molecule has 1 heterocycles. The maximum absolute atomic E-state index is 11.9. The highest BCUT2D eigenvalue weighted by atomic mass is 79.9. The molecule has 0 fully saturated rings. The van der Waals surface area contributed by atoms with Crippen LogP contribution in [-0.4, -0.2) is 9.55 Å². The van der Waals surface area contributed by atoms with Gasteiger partial charge in [0.1, 0.15) is 0 Å². The Balaban J connectivity index is 2.74. The second-order valence-electron chi connectivity index (χ2n) is 3.15. The minimum atomic E-state index is -0.0348. The zero-order valence-corrected chi connectivity index (χ0v) is 9.57. The van der Waals surface area contributed by atoms with Crippen molar-refractivity contribution in [2.45, 2.75) is 6.54 Å². The summed E-state index contributed by atoms with van der Waals surface area (Å²) in [6.45, 7) is 4.08. The highest BCUT2D eigenvalue weighted by Gasteiger charge is 2.02. The Labute approximate surface area is 95.2 Å². The molecule has 0 saturated heterocycles. The Kier molecular flexibility index (Phi) is 2.68. The molecule has 0 bridgehead atoms. The lowest BCUT2D eigenvalue weighted by atomic mass is 10.2. The molecule has 0 spiro atoms. The molecule has 0 radical (unpaired) electrons. The smallest absolute Gasteiger partial charge is 0.261 e. The fourth-order valence-electron chi connectivity index (χ4n) is 1.40. The Bertz CT molecular complexity index is 574. The lowest BCUT2D eigenvalue weighted by molar-refractivity contribution is 0.768. The van der Waals surface area contributed by atoms with Gasteiger partial charge in [-0.15, -0.1) is 6.58 Å². The Morgan fingerprint density at radius 3 is 3.07 bits per heavy atom. The van der Waals surface area contributed by atoms with E-state index in [2.05, 4.69) is 27.5 Å². The first kappa shape index (κ1) is 10.1. The molecule has 76 valence electrons. The predicted octanol–water partition coefficient (Wildman–Crippen LogP) is 2.34. The average Bonchev–Trinajstić information content (AvgIpc) is 2.22. The van der Waals surface area contributed by atoms with Crippen LogP contribution in [0, 0.1) is 0 Å². The lowest BCUT2D eigenvalue weighted by Gasteiger charge is -2.03. The maximum atomic E-state index is 11.9. The molecular formula is C11H9BrN2O. The van der Waals surface area contributed by atoms with Crippen LogP contribution in [0.2, 0.25) is 0 Å². The van der Waals surface area contributed by atoms with Crippen LogP contribution in [0.25, 0.3) is 10.9 Å². The summed E-state index contributed by atoms with van der Waals surface area (Å²) in [5.74, 6) is 0. The first-order valence-corrected chi connectivity index (χ1v) is 5.27. The van der Waals surface area contributed by atoms with Crippen LogP contribution in [0.5, 0.6) is 0 Å². The van der Waals surface area contributed by atoms with Gasteiger partial charge in [0.05, 0.1) is 17.2 Å². The van der Waals surface area contributed by atoms with E-state index >= 15 is 0 Å². The van der Waals surface area contributed by atoms with Gasteiger partial charge in [0.2, 0.25) is 0 Å². The molecule has 0 aliphatic rings. The van der Waals surface area contributed by atoms with Gasteiger partial charge >= 0.3 is 0 Å². The van der Waals surface area contributed by atoms with Crippen LogP contribution in [-0.2, 0) is 6.54 Å². The molecule has 2 rings (SSSR count). The van der Waals surface area contributed by atoms with Crippen molar-refractivity contribution in [1.82, 2.24) is 9.55 Å². The predicted molar refractivity (Wildman–Crippen MR) is 63.9 cm³/mol. The second-order valence-corrected chi connectivity index (χ2v) is 4.07. The molecule has 0 unspecified atom stereocenters. The number of benzene rings is 1. The number of aromatic nitrogens is 2. The van der Waals surface area contributed by atoms with E-state index in [1.807, 2.05) is 12.1 Å². The van der Waals surface area contributed by atoms with Gasteiger partial charge in [-0.1, -0.05) is 22.0 Å². The fourth-order valence-corrected chi connectivity index (χ4v) is 1.75. The molecule has 1 aromatic heterocycles. The normalized spacial score (nSPS) is 10.5. The summed E-state index contributed by atoms with van der Waals surface area (Å²) in [4.78, 5) is 16.1. The molecule has 0 N–H and O–H groups in total. The fraction of sp³-hybridized carbons (Fsp3) is 0.0909. The van der Waals surface area contributed by atoms with E-state index in [1.54, 1.807) is 18.5 Å². The van der Waals surface area contributed by atoms with Crippen LogP contribution in [0.4, 0.5) is 0 Å². The summed E-state index contributed by atoms with van der Waals surface area (Å²) in [6.07, 6.45) is 3.21. The number of halogens is 1. The third kappa shape index (κ3) is 1.85. The SMILES string of the molecule is C=CCn1cnc2cc(Br)ccc2c1=O. The van der Waals surface area contributed by atoms with Crippen molar-refractivity contribution < 1.29 is 0 Å². The Morgan fingerprint density at radius 2 is 2.33 bits per heavy atom. The van der Waals surface area contributed by atoms with Crippen LogP contribution < -0.4 is 5.56 Å². The molecule has 0 amide bonds. The maximum Gasteiger partial charge on any atom is 0.261 e. The zero-order valence-electron chi connectivity index (χ0n) is 7.98. The van der Waals surface area contributed by atoms with E-state index in [0.29, 0.717) is 17.4 Å². The van der Waals surface area contributed by atoms with Crippen molar-refractivity contribution in [2.24, 2.45) is 0 Å². The van der Waals surface area contributed by atoms with Gasteiger partial charge in [-0.2, -0.15) is 0 Å². The monoisotopic (exact) mass is 264 g/mol. The third-order valence-corrected chi connectivity index (χ3v) is 2.61. The van der Waals surface area contributed by atoms with E-state index in [0.717, 1.165) is 4.47 Å². The van der Waals surface area contributed by atoms with Gasteiger partial charge in [0.15, 0.2) is 0 Å². The molecule has 1 aromatic carbocycles. The molecule has 4 heteroatoms. The van der Waals surface area contributed by atoms with E-state index in [1.165, 1.54) is 4.57 Å². The quantitative estimate of drug-likeness (QED) is 0.781. The Morgan fingerprint density at radius 1 is 1.53 bits per heavy atom. The Hall–Kier alpha value is -1.42. The number of hydrogen-bond donors (Lipinski definition) is 0. The zero-order chi connectivity index (χ0) is 10.8. The van der Waals surface area contributed by atoms with Gasteiger partial charge in [-0.05, 0) is 18.2 Å². The topological polar surface area (TPSA) is 34.9 Å². The molecule has 0 aliphatic heterocycles. The van der Waals surface area contributed by atoms with Crippen molar-refractivity contribution in [1.29, 1.82) is 0 Å². The third-order valence-electron chi connectivity index (χ3n) is 2.11. The summed E-state index contributed by atoms with van der Waals surface area (Å²) in [7, 11) is 0. The highest BCUT2D eigenvalue weighted by Crippen LogP contribution is 2.14. The second kappa shape index (κ2) is 3.98. The van der Waals surface area contributed by atoms with Crippen LogP contribution in [0.3, 0.4) is 0 Å². The van der Waals surface area contributed by atoms with Crippen molar-refractivity contribution in [3.8, 4) is 0 Å². The minimum absolute atomic E-state index is 0.0348. The summed E-state index contributed by atoms with van der Waals surface area (Å²) < 4.78 is 2.45. The molecule has 15 heavy (non-hydrogen) atoms. The van der Waals surface area contributed by atoms with Crippen LogP contribution in [0.15, 0.2) is 46.4 Å². The van der Waals surface area contributed by atoms with Crippen molar-refractivity contribution in [3.05, 3.63) is 52.0 Å². The number of fused-ring (bicyclic) bond motifs is 1. The number of rotatable bonds is 2. The van der Waals surface area contributed by atoms with Crippen molar-refractivity contribution >= 4 is 26.8 Å². The van der Waals surface area contributed by atoms with Gasteiger partial charge in [-0.3, -0.25) is 9.36 Å². The molecule has 0 aliphatic carbocycles. The lowest BCUT2D eigenvalue weighted by Crippen LogP contribution is -2.19. The molecule has 0 atom stereocenters. The first-order chi connectivity index (χ1) is 7.22. The van der Waals surface area contributed by atoms with E-state index in [9.17, 15) is 4.79 Å².